The smallest absolute Gasteiger partial charge is 0.326 e. The fourth-order valence-electron chi connectivity index (χ4n) is 4.70. The molecule has 2 heterocycles. The van der Waals surface area contributed by atoms with E-state index in [1.807, 2.05) is 24.3 Å². The Labute approximate surface area is 158 Å². The highest BCUT2D eigenvalue weighted by Gasteiger charge is 2.47. The minimum absolute atomic E-state index is 0.0262. The molecule has 4 rings (SSSR count). The largest absolute Gasteiger partial charge is 0.497 e. The molecule has 1 aliphatic carbocycles. The molecule has 1 saturated carbocycles. The summed E-state index contributed by atoms with van der Waals surface area (Å²) in [5.41, 5.74) is 1.87. The number of carboxylic acid groups (broad SMARTS) is 1. The van der Waals surface area contributed by atoms with Gasteiger partial charge in [0.15, 0.2) is 0 Å². The molecule has 0 radical (unpaired) electrons. The second-order valence-corrected chi connectivity index (χ2v) is 7.59. The number of rotatable bonds is 3. The van der Waals surface area contributed by atoms with Crippen LogP contribution < -0.4 is 4.74 Å². The molecule has 2 aliphatic rings. The van der Waals surface area contributed by atoms with Gasteiger partial charge in [-0.25, -0.2) is 4.79 Å². The first-order valence-electron chi connectivity index (χ1n) is 9.50. The van der Waals surface area contributed by atoms with Crippen molar-refractivity contribution in [2.24, 2.45) is 5.92 Å². The third-order valence-corrected chi connectivity index (χ3v) is 6.05. The Kier molecular flexibility index (Phi) is 4.50. The molecule has 27 heavy (non-hydrogen) atoms. The van der Waals surface area contributed by atoms with E-state index in [2.05, 4.69) is 4.98 Å². The van der Waals surface area contributed by atoms with E-state index in [-0.39, 0.29) is 11.9 Å². The molecule has 0 bridgehead atoms. The number of carbonyl (C=O) groups excluding carboxylic acids is 1. The lowest BCUT2D eigenvalue weighted by molar-refractivity contribution is -0.141. The highest BCUT2D eigenvalue weighted by atomic mass is 16.5. The van der Waals surface area contributed by atoms with Gasteiger partial charge in [0.2, 0.25) is 0 Å². The van der Waals surface area contributed by atoms with Crippen molar-refractivity contribution in [2.45, 2.75) is 51.1 Å². The number of aromatic nitrogens is 1. The minimum Gasteiger partial charge on any atom is -0.497 e. The van der Waals surface area contributed by atoms with Crippen LogP contribution in [0.1, 0.15) is 48.2 Å². The monoisotopic (exact) mass is 368 g/mol. The van der Waals surface area contributed by atoms with Gasteiger partial charge in [0.1, 0.15) is 11.8 Å². The van der Waals surface area contributed by atoms with Crippen molar-refractivity contribution in [2.75, 3.05) is 7.11 Å². The van der Waals surface area contributed by atoms with Crippen LogP contribution in [0, 0.1) is 12.8 Å². The van der Waals surface area contributed by atoms with E-state index in [4.69, 9.17) is 4.74 Å². The molecule has 0 spiro atoms. The second-order valence-electron chi connectivity index (χ2n) is 7.59. The average molecular weight is 368 g/mol. The predicted molar refractivity (Wildman–Crippen MR) is 101 cm³/mol. The van der Waals surface area contributed by atoms with Gasteiger partial charge in [-0.2, -0.15) is 0 Å². The quantitative estimate of drug-likeness (QED) is 0.898. The number of carboxylic acids is 1. The molecule has 1 N–H and O–H groups in total. The number of hydrogen-bond donors (Lipinski definition) is 1. The Hall–Kier alpha value is -2.63. The van der Waals surface area contributed by atoms with E-state index >= 15 is 0 Å². The Bertz CT molecular complexity index is 910. The zero-order valence-electron chi connectivity index (χ0n) is 15.6. The van der Waals surface area contributed by atoms with Crippen molar-refractivity contribution in [1.82, 2.24) is 9.88 Å². The van der Waals surface area contributed by atoms with Crippen molar-refractivity contribution in [3.05, 3.63) is 35.5 Å². The van der Waals surface area contributed by atoms with Crippen LogP contribution in [-0.4, -0.2) is 46.1 Å². The third kappa shape index (κ3) is 3.03. The Balaban J connectivity index is 1.74. The van der Waals surface area contributed by atoms with Crippen LogP contribution in [-0.2, 0) is 4.79 Å². The molecule has 2 aromatic rings. The van der Waals surface area contributed by atoms with Gasteiger partial charge >= 0.3 is 5.97 Å². The molecule has 1 aliphatic heterocycles. The standard InChI is InChI=1S/C21H24N2O4/c1-12-16(9-13-7-8-15(27-2)11-17(13)22-12)20(24)23-18-6-4-3-5-14(18)10-19(23)21(25)26/h7-9,11,14,18-19H,3-6,10H2,1-2H3,(H,25,26). The Morgan fingerprint density at radius 2 is 2.00 bits per heavy atom. The third-order valence-electron chi connectivity index (χ3n) is 6.05. The van der Waals surface area contributed by atoms with E-state index in [1.165, 1.54) is 0 Å². The lowest BCUT2D eigenvalue weighted by Gasteiger charge is -2.33. The molecule has 3 unspecified atom stereocenters. The summed E-state index contributed by atoms with van der Waals surface area (Å²) in [7, 11) is 1.60. The van der Waals surface area contributed by atoms with Crippen LogP contribution in [0.3, 0.4) is 0 Å². The minimum atomic E-state index is -0.908. The maximum absolute atomic E-state index is 13.4. The number of fused-ring (bicyclic) bond motifs is 2. The van der Waals surface area contributed by atoms with Gasteiger partial charge in [-0.3, -0.25) is 9.78 Å². The molecule has 142 valence electrons. The summed E-state index contributed by atoms with van der Waals surface area (Å²) in [5, 5.41) is 10.5. The summed E-state index contributed by atoms with van der Waals surface area (Å²) >= 11 is 0. The number of methoxy groups -OCH3 is 1. The fraction of sp³-hybridized carbons (Fsp3) is 0.476. The molecule has 6 heteroatoms. The van der Waals surface area contributed by atoms with Crippen LogP contribution >= 0.6 is 0 Å². The van der Waals surface area contributed by atoms with E-state index in [0.29, 0.717) is 29.3 Å². The van der Waals surface area contributed by atoms with Crippen LogP contribution in [0.2, 0.25) is 0 Å². The van der Waals surface area contributed by atoms with Gasteiger partial charge in [0.25, 0.3) is 5.91 Å². The van der Waals surface area contributed by atoms with Gasteiger partial charge in [0.05, 0.1) is 23.9 Å². The molecule has 2 fully saturated rings. The summed E-state index contributed by atoms with van der Waals surface area (Å²) in [4.78, 5) is 31.4. The molecule has 1 aromatic heterocycles. The normalized spacial score (nSPS) is 24.7. The molecule has 1 amide bonds. The topological polar surface area (TPSA) is 79.7 Å². The molecule has 1 saturated heterocycles. The predicted octanol–water partition coefficient (Wildman–Crippen LogP) is 3.41. The van der Waals surface area contributed by atoms with E-state index in [1.54, 1.807) is 18.9 Å². The fourth-order valence-corrected chi connectivity index (χ4v) is 4.70. The van der Waals surface area contributed by atoms with Gasteiger partial charge in [-0.05, 0) is 50.3 Å². The van der Waals surface area contributed by atoms with Gasteiger partial charge in [0, 0.05) is 17.5 Å². The number of pyridine rings is 1. The summed E-state index contributed by atoms with van der Waals surface area (Å²) in [5.74, 6) is -0.112. The summed E-state index contributed by atoms with van der Waals surface area (Å²) in [6, 6.07) is 6.66. The lowest BCUT2D eigenvalue weighted by atomic mass is 9.84. The van der Waals surface area contributed by atoms with E-state index < -0.39 is 12.0 Å². The number of hydrogen-bond acceptors (Lipinski definition) is 4. The van der Waals surface area contributed by atoms with E-state index in [0.717, 1.165) is 36.6 Å². The van der Waals surface area contributed by atoms with Crippen molar-refractivity contribution in [1.29, 1.82) is 0 Å². The van der Waals surface area contributed by atoms with Crippen molar-refractivity contribution in [3.8, 4) is 5.75 Å². The van der Waals surface area contributed by atoms with Gasteiger partial charge < -0.3 is 14.7 Å². The van der Waals surface area contributed by atoms with Crippen LogP contribution in [0.25, 0.3) is 10.9 Å². The first kappa shape index (κ1) is 17.8. The van der Waals surface area contributed by atoms with E-state index in [9.17, 15) is 14.7 Å². The van der Waals surface area contributed by atoms with Crippen LogP contribution in [0.5, 0.6) is 5.75 Å². The number of benzene rings is 1. The number of likely N-dealkylation sites (tertiary alicyclic amines) is 1. The highest BCUT2D eigenvalue weighted by molar-refractivity contribution is 6.01. The number of amides is 1. The zero-order valence-corrected chi connectivity index (χ0v) is 15.6. The molecule has 6 nitrogen and oxygen atoms in total. The lowest BCUT2D eigenvalue weighted by Crippen LogP contribution is -2.46. The highest BCUT2D eigenvalue weighted by Crippen LogP contribution is 2.41. The van der Waals surface area contributed by atoms with Crippen molar-refractivity contribution < 1.29 is 19.4 Å². The maximum atomic E-state index is 13.4. The number of carbonyl (C=O) groups is 2. The SMILES string of the molecule is COc1ccc2cc(C(=O)N3C(C(=O)O)CC4CCCCC43)c(C)nc2c1. The number of aryl methyl sites for hydroxylation is 1. The molecular formula is C21H24N2O4. The first-order chi connectivity index (χ1) is 13.0. The Morgan fingerprint density at radius 3 is 2.74 bits per heavy atom. The van der Waals surface area contributed by atoms with Crippen molar-refractivity contribution >= 4 is 22.8 Å². The number of ether oxygens (including phenoxy) is 1. The maximum Gasteiger partial charge on any atom is 0.326 e. The summed E-state index contributed by atoms with van der Waals surface area (Å²) in [6.45, 7) is 1.80. The molecule has 1 aromatic carbocycles. The molecular weight excluding hydrogens is 344 g/mol. The van der Waals surface area contributed by atoms with Crippen LogP contribution in [0.15, 0.2) is 24.3 Å². The average Bonchev–Trinajstić information content (AvgIpc) is 3.06. The number of aliphatic carboxylic acids is 1. The second kappa shape index (κ2) is 6.83. The molecule has 3 atom stereocenters. The van der Waals surface area contributed by atoms with Crippen molar-refractivity contribution in [3.63, 3.8) is 0 Å². The summed E-state index contributed by atoms with van der Waals surface area (Å²) in [6.07, 6.45) is 4.62. The van der Waals surface area contributed by atoms with Gasteiger partial charge in [-0.1, -0.05) is 12.8 Å². The zero-order chi connectivity index (χ0) is 19.1. The Morgan fingerprint density at radius 1 is 1.22 bits per heavy atom. The number of nitrogens with zero attached hydrogens (tertiary/aromatic N) is 2. The van der Waals surface area contributed by atoms with Gasteiger partial charge in [-0.15, -0.1) is 0 Å². The first-order valence-corrected chi connectivity index (χ1v) is 9.50. The summed E-state index contributed by atoms with van der Waals surface area (Å²) < 4.78 is 5.24. The van der Waals surface area contributed by atoms with Crippen LogP contribution in [0.4, 0.5) is 0 Å².